The van der Waals surface area contributed by atoms with Crippen molar-refractivity contribution in [3.8, 4) is 0 Å². The van der Waals surface area contributed by atoms with Gasteiger partial charge in [0.2, 0.25) is 0 Å². The topological polar surface area (TPSA) is 193 Å². The Morgan fingerprint density at radius 3 is 1.84 bits per heavy atom. The van der Waals surface area contributed by atoms with Crippen LogP contribution in [-0.2, 0) is 36.1 Å². The Morgan fingerprint density at radius 2 is 1.29 bits per heavy atom. The summed E-state index contributed by atoms with van der Waals surface area (Å²) in [6.45, 7) is 5.20. The van der Waals surface area contributed by atoms with Crippen molar-refractivity contribution >= 4 is 23.2 Å². The monoisotopic (exact) mass is 758 g/mol. The third-order valence-electron chi connectivity index (χ3n) is 8.47. The molecule has 286 valence electrons. The number of rotatable bonds is 29. The van der Waals surface area contributed by atoms with E-state index < -0.39 is 53.4 Å². The summed E-state index contributed by atoms with van der Waals surface area (Å²) >= 11 is 0. The van der Waals surface area contributed by atoms with Gasteiger partial charge in [-0.15, -0.1) is 0 Å². The van der Waals surface area contributed by atoms with E-state index in [2.05, 4.69) is 16.2 Å². The molecule has 0 bridgehead atoms. The van der Waals surface area contributed by atoms with E-state index in [0.717, 1.165) is 32.1 Å². The average molecular weight is 759 g/mol. The average Bonchev–Trinajstić information content (AvgIpc) is 3.50. The zero-order chi connectivity index (χ0) is 36.2. The minimum absolute atomic E-state index is 0.0258. The van der Waals surface area contributed by atoms with Crippen LogP contribution in [0.15, 0.2) is 15.8 Å². The second-order valence-corrected chi connectivity index (χ2v) is 18.4. The number of ether oxygens (including phenoxy) is 1. The normalized spacial score (nSPS) is 20.2. The van der Waals surface area contributed by atoms with Crippen LogP contribution in [0.1, 0.15) is 154 Å². The smallest absolute Gasteiger partial charge is 0.352 e. The largest absolute Gasteiger partial charge is 0.488 e. The zero-order valence-electron chi connectivity index (χ0n) is 29.8. The minimum atomic E-state index is -5.36. The van der Waals surface area contributed by atoms with Crippen molar-refractivity contribution in [1.29, 1.82) is 0 Å². The van der Waals surface area contributed by atoms with Crippen LogP contribution in [0.25, 0.3) is 0 Å². The van der Waals surface area contributed by atoms with Crippen LogP contribution in [0.4, 0.5) is 0 Å². The quantitative estimate of drug-likeness (QED) is 0.0519. The lowest BCUT2D eigenvalue weighted by Gasteiger charge is -2.22. The summed E-state index contributed by atoms with van der Waals surface area (Å²) in [6, 6.07) is 0. The first-order valence-electron chi connectivity index (χ1n) is 18.2. The summed E-state index contributed by atoms with van der Waals surface area (Å²) < 4.78 is 65.3. The van der Waals surface area contributed by atoms with Gasteiger partial charge in [0, 0.05) is 11.8 Å². The molecule has 1 saturated heterocycles. The molecule has 14 nitrogen and oxygen atoms in total. The molecule has 3 unspecified atom stereocenters. The molecule has 0 aromatic carbocycles. The lowest BCUT2D eigenvalue weighted by atomic mass is 10.0. The zero-order valence-corrected chi connectivity index (χ0v) is 32.4. The highest BCUT2D eigenvalue weighted by atomic mass is 31.3. The van der Waals surface area contributed by atoms with Crippen LogP contribution in [0.2, 0.25) is 0 Å². The second-order valence-electron chi connectivity index (χ2n) is 13.0. The van der Waals surface area contributed by atoms with Gasteiger partial charge in [0.15, 0.2) is 0 Å². The molecule has 0 amide bonds. The first-order valence-corrected chi connectivity index (χ1v) is 23.0. The SMILES string of the molecule is CCCCCCCCCCCCCCCCCCP(=O)(OCCCC)OP(=O)(O)OP(=O)(O)OC[C@@H]1CC[C@H](n2cc(C)c(=O)[nH]c2=O)O1. The fraction of sp³-hybridized carbons (Fsp3) is 0.875. The number of nitrogens with zero attached hydrogens (tertiary/aromatic N) is 1. The molecule has 1 aromatic heterocycles. The Hall–Kier alpha value is -0.910. The number of hydrogen-bond acceptors (Lipinski definition) is 10. The van der Waals surface area contributed by atoms with Crippen LogP contribution >= 0.6 is 23.2 Å². The van der Waals surface area contributed by atoms with Gasteiger partial charge < -0.3 is 19.0 Å². The summed E-state index contributed by atoms with van der Waals surface area (Å²) in [5, 5.41) is 0. The van der Waals surface area contributed by atoms with Crippen molar-refractivity contribution in [1.82, 2.24) is 9.55 Å². The maximum atomic E-state index is 13.4. The highest BCUT2D eigenvalue weighted by Gasteiger charge is 2.43. The minimum Gasteiger partial charge on any atom is -0.352 e. The Kier molecular flexibility index (Phi) is 21.3. The van der Waals surface area contributed by atoms with E-state index >= 15 is 0 Å². The molecule has 1 aliphatic heterocycles. The van der Waals surface area contributed by atoms with Gasteiger partial charge in [-0.3, -0.25) is 23.4 Å². The van der Waals surface area contributed by atoms with E-state index in [4.69, 9.17) is 18.1 Å². The molecule has 3 N–H and O–H groups in total. The molecule has 1 fully saturated rings. The number of hydrogen-bond donors (Lipinski definition) is 3. The van der Waals surface area contributed by atoms with Gasteiger partial charge in [-0.05, 0) is 32.6 Å². The predicted octanol–water partition coefficient (Wildman–Crippen LogP) is 9.04. The van der Waals surface area contributed by atoms with Gasteiger partial charge >= 0.3 is 28.9 Å². The van der Waals surface area contributed by atoms with Gasteiger partial charge in [0.25, 0.3) is 5.56 Å². The number of phosphoric ester groups is 1. The molecular formula is C32H61N2O12P3. The summed E-state index contributed by atoms with van der Waals surface area (Å²) in [7, 11) is -14.7. The first kappa shape index (κ1) is 44.3. The summed E-state index contributed by atoms with van der Waals surface area (Å²) in [5.41, 5.74) is -0.874. The lowest BCUT2D eigenvalue weighted by Crippen LogP contribution is -2.33. The van der Waals surface area contributed by atoms with E-state index in [1.807, 2.05) is 6.92 Å². The maximum absolute atomic E-state index is 13.4. The van der Waals surface area contributed by atoms with Crippen molar-refractivity contribution in [3.63, 3.8) is 0 Å². The van der Waals surface area contributed by atoms with Crippen molar-refractivity contribution in [2.45, 2.75) is 162 Å². The fourth-order valence-electron chi connectivity index (χ4n) is 5.65. The van der Waals surface area contributed by atoms with Gasteiger partial charge in [0.1, 0.15) is 6.23 Å². The summed E-state index contributed by atoms with van der Waals surface area (Å²) in [6.07, 6.45) is 20.2. The molecule has 0 saturated carbocycles. The van der Waals surface area contributed by atoms with Crippen LogP contribution in [0.3, 0.4) is 0 Å². The van der Waals surface area contributed by atoms with Gasteiger partial charge in [0.05, 0.1) is 25.5 Å². The van der Waals surface area contributed by atoms with E-state index in [0.29, 0.717) is 31.2 Å². The molecule has 0 spiro atoms. The summed E-state index contributed by atoms with van der Waals surface area (Å²) in [5.74, 6) is 0. The Balaban J connectivity index is 1.71. The molecule has 0 aliphatic carbocycles. The van der Waals surface area contributed by atoms with Crippen molar-refractivity contribution in [2.75, 3.05) is 19.4 Å². The maximum Gasteiger partial charge on any atom is 0.488 e. The Bertz CT molecular complexity index is 1340. The van der Waals surface area contributed by atoms with Gasteiger partial charge in [-0.25, -0.2) is 18.2 Å². The summed E-state index contributed by atoms with van der Waals surface area (Å²) in [4.78, 5) is 46.4. The van der Waals surface area contributed by atoms with Crippen LogP contribution in [0.5, 0.6) is 0 Å². The first-order chi connectivity index (χ1) is 23.3. The number of aromatic amines is 1. The predicted molar refractivity (Wildman–Crippen MR) is 190 cm³/mol. The number of aromatic nitrogens is 2. The molecule has 1 aliphatic rings. The van der Waals surface area contributed by atoms with Crippen molar-refractivity contribution in [2.24, 2.45) is 0 Å². The van der Waals surface area contributed by atoms with Crippen LogP contribution < -0.4 is 11.2 Å². The third-order valence-corrected chi connectivity index (χ3v) is 13.9. The van der Waals surface area contributed by atoms with E-state index in [9.17, 15) is 33.1 Å². The molecular weight excluding hydrogens is 697 g/mol. The Morgan fingerprint density at radius 1 is 0.755 bits per heavy atom. The number of aryl methyl sites for hydroxylation is 1. The van der Waals surface area contributed by atoms with Gasteiger partial charge in [-0.1, -0.05) is 117 Å². The second kappa shape index (κ2) is 23.6. The molecule has 5 atom stereocenters. The fourth-order valence-corrected chi connectivity index (χ4v) is 10.5. The molecule has 49 heavy (non-hydrogen) atoms. The molecule has 17 heteroatoms. The third kappa shape index (κ3) is 18.9. The Labute approximate surface area is 291 Å². The lowest BCUT2D eigenvalue weighted by molar-refractivity contribution is -0.0244. The number of H-pyrrole nitrogens is 1. The van der Waals surface area contributed by atoms with E-state index in [1.165, 1.54) is 88.3 Å². The number of phosphoric acid groups is 2. The van der Waals surface area contributed by atoms with Crippen molar-refractivity contribution < 1.29 is 45.9 Å². The highest BCUT2D eigenvalue weighted by Crippen LogP contribution is 2.69. The van der Waals surface area contributed by atoms with Crippen LogP contribution in [-0.4, -0.2) is 44.8 Å². The van der Waals surface area contributed by atoms with E-state index in [-0.39, 0.29) is 12.8 Å². The van der Waals surface area contributed by atoms with Crippen molar-refractivity contribution in [3.05, 3.63) is 32.6 Å². The molecule has 1 aromatic rings. The standard InChI is InChI=1S/C32H61N2O12P3/c1-4-6-8-9-10-11-12-13-14-15-16-17-18-19-20-21-25-47(37,42-24-7-5-2)45-49(40,41)46-48(38,39)43-27-29-22-23-30(44-29)34-26-28(3)31(35)33-32(34)36/h26,29-30H,4-25,27H2,1-3H3,(H,38,39)(H,40,41)(H,33,35,36)/t29-,30+,47?/m0/s1. The molecule has 2 rings (SSSR count). The highest BCUT2D eigenvalue weighted by molar-refractivity contribution is 7.68. The number of nitrogens with one attached hydrogen (secondary N) is 1. The van der Waals surface area contributed by atoms with E-state index in [1.54, 1.807) is 0 Å². The molecule has 0 radical (unpaired) electrons. The number of unbranched alkanes of at least 4 members (excludes halogenated alkanes) is 16. The van der Waals surface area contributed by atoms with Gasteiger partial charge in [-0.2, -0.15) is 4.31 Å². The molecule has 2 heterocycles. The van der Waals surface area contributed by atoms with Crippen LogP contribution in [0, 0.1) is 6.92 Å².